The van der Waals surface area contributed by atoms with Gasteiger partial charge in [-0.2, -0.15) is 5.10 Å². The monoisotopic (exact) mass is 405 g/mol. The second kappa shape index (κ2) is 8.96. The summed E-state index contributed by atoms with van der Waals surface area (Å²) in [6, 6.07) is 17.2. The average molecular weight is 406 g/mol. The van der Waals surface area contributed by atoms with E-state index in [0.717, 1.165) is 35.0 Å². The van der Waals surface area contributed by atoms with Crippen molar-refractivity contribution in [2.75, 3.05) is 34.9 Å². The van der Waals surface area contributed by atoms with Crippen molar-refractivity contribution < 1.29 is 4.79 Å². The van der Waals surface area contributed by atoms with Crippen LogP contribution in [0.15, 0.2) is 65.7 Å². The van der Waals surface area contributed by atoms with E-state index in [4.69, 9.17) is 0 Å². The molecule has 1 saturated heterocycles. The molecule has 2 aromatic carbocycles. The smallest absolute Gasteiger partial charge is 0.255 e. The number of carbonyl (C=O) groups excluding carboxylic acids is 1. The third-order valence-electron chi connectivity index (χ3n) is 4.88. The summed E-state index contributed by atoms with van der Waals surface area (Å²) in [6.45, 7) is 2.14. The summed E-state index contributed by atoms with van der Waals surface area (Å²) in [6.07, 6.45) is 6.26. The third kappa shape index (κ3) is 4.86. The second-order valence-electron chi connectivity index (χ2n) is 6.88. The van der Waals surface area contributed by atoms with Crippen molar-refractivity contribution >= 4 is 40.5 Å². The van der Waals surface area contributed by atoms with E-state index in [1.54, 1.807) is 18.0 Å². The van der Waals surface area contributed by atoms with E-state index in [2.05, 4.69) is 25.7 Å². The molecule has 2 heterocycles. The fraction of sp³-hybridized carbons (Fsp3) is 0.227. The molecule has 0 atom stereocenters. The Morgan fingerprint density at radius 1 is 1.00 bits per heavy atom. The molecule has 0 radical (unpaired) electrons. The van der Waals surface area contributed by atoms with Crippen LogP contribution in [0.25, 0.3) is 0 Å². The SMILES string of the molecule is CSc1ccc(C(=O)Nc2ccc(Nc3cc(N4CCCC4)cnn3)cc2)cc1. The van der Waals surface area contributed by atoms with Crippen LogP contribution in [0.1, 0.15) is 23.2 Å². The first-order valence-electron chi connectivity index (χ1n) is 9.61. The van der Waals surface area contributed by atoms with Crippen LogP contribution < -0.4 is 15.5 Å². The van der Waals surface area contributed by atoms with Gasteiger partial charge in [-0.25, -0.2) is 0 Å². The number of nitrogens with one attached hydrogen (secondary N) is 2. The van der Waals surface area contributed by atoms with E-state index in [1.807, 2.05) is 60.9 Å². The first kappa shape index (κ1) is 19.3. The maximum Gasteiger partial charge on any atom is 0.255 e. The van der Waals surface area contributed by atoms with Crippen LogP contribution in [0.5, 0.6) is 0 Å². The van der Waals surface area contributed by atoms with Crippen LogP contribution in [0.3, 0.4) is 0 Å². The predicted octanol–water partition coefficient (Wildman–Crippen LogP) is 4.79. The molecule has 0 saturated carbocycles. The third-order valence-corrected chi connectivity index (χ3v) is 5.62. The van der Waals surface area contributed by atoms with E-state index >= 15 is 0 Å². The van der Waals surface area contributed by atoms with Crippen molar-refractivity contribution in [3.63, 3.8) is 0 Å². The predicted molar refractivity (Wildman–Crippen MR) is 119 cm³/mol. The highest BCUT2D eigenvalue weighted by Crippen LogP contribution is 2.23. The molecule has 29 heavy (non-hydrogen) atoms. The van der Waals surface area contributed by atoms with Crippen LogP contribution >= 0.6 is 11.8 Å². The number of nitrogens with zero attached hydrogens (tertiary/aromatic N) is 3. The van der Waals surface area contributed by atoms with Gasteiger partial charge in [0.25, 0.3) is 5.91 Å². The largest absolute Gasteiger partial charge is 0.370 e. The zero-order chi connectivity index (χ0) is 20.1. The maximum absolute atomic E-state index is 12.4. The number of hydrogen-bond acceptors (Lipinski definition) is 6. The lowest BCUT2D eigenvalue weighted by Gasteiger charge is -2.17. The molecule has 148 valence electrons. The summed E-state index contributed by atoms with van der Waals surface area (Å²) in [4.78, 5) is 15.9. The van der Waals surface area contributed by atoms with Gasteiger partial charge in [-0.05, 0) is 67.6 Å². The van der Waals surface area contributed by atoms with Crippen LogP contribution in [0.2, 0.25) is 0 Å². The van der Waals surface area contributed by atoms with E-state index in [0.29, 0.717) is 11.4 Å². The Labute approximate surface area is 174 Å². The zero-order valence-electron chi connectivity index (χ0n) is 16.3. The number of aromatic nitrogens is 2. The number of amides is 1. The number of benzene rings is 2. The molecule has 0 spiro atoms. The Morgan fingerprint density at radius 3 is 2.38 bits per heavy atom. The van der Waals surface area contributed by atoms with Crippen molar-refractivity contribution in [2.45, 2.75) is 17.7 Å². The van der Waals surface area contributed by atoms with Crippen LogP contribution in [-0.4, -0.2) is 35.4 Å². The Morgan fingerprint density at radius 2 is 1.69 bits per heavy atom. The van der Waals surface area contributed by atoms with E-state index < -0.39 is 0 Å². The van der Waals surface area contributed by atoms with Gasteiger partial charge in [-0.15, -0.1) is 16.9 Å². The first-order valence-corrected chi connectivity index (χ1v) is 10.8. The highest BCUT2D eigenvalue weighted by atomic mass is 32.2. The molecule has 1 amide bonds. The number of hydrogen-bond donors (Lipinski definition) is 2. The minimum Gasteiger partial charge on any atom is -0.370 e. The van der Waals surface area contributed by atoms with Crippen molar-refractivity contribution in [3.05, 3.63) is 66.4 Å². The normalized spacial score (nSPS) is 13.3. The Hall–Kier alpha value is -3.06. The van der Waals surface area contributed by atoms with Crippen LogP contribution in [0, 0.1) is 0 Å². The van der Waals surface area contributed by atoms with Crippen molar-refractivity contribution in [3.8, 4) is 0 Å². The Bertz CT molecular complexity index is 969. The summed E-state index contributed by atoms with van der Waals surface area (Å²) >= 11 is 1.65. The van der Waals surface area contributed by atoms with Crippen LogP contribution in [0.4, 0.5) is 22.9 Å². The molecule has 4 rings (SSSR count). The number of rotatable bonds is 6. The number of anilines is 4. The molecule has 0 unspecified atom stereocenters. The van der Waals surface area contributed by atoms with Crippen LogP contribution in [-0.2, 0) is 0 Å². The molecule has 1 aliphatic heterocycles. The highest BCUT2D eigenvalue weighted by molar-refractivity contribution is 7.98. The molecule has 1 fully saturated rings. The first-order chi connectivity index (χ1) is 14.2. The van der Waals surface area contributed by atoms with Gasteiger partial charge in [0, 0.05) is 41.0 Å². The zero-order valence-corrected chi connectivity index (χ0v) is 17.1. The summed E-state index contributed by atoms with van der Waals surface area (Å²) in [5.41, 5.74) is 3.36. The second-order valence-corrected chi connectivity index (χ2v) is 7.76. The Balaban J connectivity index is 1.38. The number of thioether (sulfide) groups is 1. The molecule has 7 heteroatoms. The molecule has 2 N–H and O–H groups in total. The lowest BCUT2D eigenvalue weighted by atomic mass is 10.2. The fourth-order valence-corrected chi connectivity index (χ4v) is 3.70. The van der Waals surface area contributed by atoms with Gasteiger partial charge in [-0.3, -0.25) is 4.79 Å². The molecular weight excluding hydrogens is 382 g/mol. The van der Waals surface area contributed by atoms with Gasteiger partial charge < -0.3 is 15.5 Å². The van der Waals surface area contributed by atoms with E-state index in [9.17, 15) is 4.79 Å². The molecule has 1 aromatic heterocycles. The van der Waals surface area contributed by atoms with E-state index in [1.165, 1.54) is 12.8 Å². The fourth-order valence-electron chi connectivity index (χ4n) is 3.30. The van der Waals surface area contributed by atoms with E-state index in [-0.39, 0.29) is 5.91 Å². The minimum atomic E-state index is -0.123. The molecule has 0 bridgehead atoms. The van der Waals surface area contributed by atoms with Gasteiger partial charge in [0.05, 0.1) is 11.9 Å². The van der Waals surface area contributed by atoms with Gasteiger partial charge in [-0.1, -0.05) is 0 Å². The van der Waals surface area contributed by atoms with Crippen molar-refractivity contribution in [2.24, 2.45) is 0 Å². The molecule has 1 aliphatic rings. The van der Waals surface area contributed by atoms with Gasteiger partial charge >= 0.3 is 0 Å². The quantitative estimate of drug-likeness (QED) is 0.575. The summed E-state index contributed by atoms with van der Waals surface area (Å²) in [5, 5.41) is 14.5. The topological polar surface area (TPSA) is 70.2 Å². The summed E-state index contributed by atoms with van der Waals surface area (Å²) in [5.74, 6) is 0.586. The summed E-state index contributed by atoms with van der Waals surface area (Å²) in [7, 11) is 0. The standard InChI is InChI=1S/C22H23N5OS/c1-29-20-10-4-16(5-11-20)22(28)25-18-8-6-17(7-9-18)24-21-14-19(15-23-26-21)27-12-2-3-13-27/h4-11,14-15H,2-3,12-13H2,1H3,(H,24,26)(H,25,28). The number of carbonyl (C=O) groups is 1. The minimum absolute atomic E-state index is 0.123. The maximum atomic E-state index is 12.4. The highest BCUT2D eigenvalue weighted by Gasteiger charge is 2.13. The summed E-state index contributed by atoms with van der Waals surface area (Å²) < 4.78 is 0. The van der Waals surface area contributed by atoms with Crippen molar-refractivity contribution in [1.82, 2.24) is 10.2 Å². The molecule has 6 nitrogen and oxygen atoms in total. The van der Waals surface area contributed by atoms with Gasteiger partial charge in [0.2, 0.25) is 0 Å². The van der Waals surface area contributed by atoms with Gasteiger partial charge in [0.15, 0.2) is 5.82 Å². The van der Waals surface area contributed by atoms with Crippen molar-refractivity contribution in [1.29, 1.82) is 0 Å². The molecular formula is C22H23N5OS. The Kier molecular flexibility index (Phi) is 5.95. The molecule has 0 aliphatic carbocycles. The lowest BCUT2D eigenvalue weighted by molar-refractivity contribution is 0.102. The lowest BCUT2D eigenvalue weighted by Crippen LogP contribution is -2.18. The average Bonchev–Trinajstić information content (AvgIpc) is 3.30. The van der Waals surface area contributed by atoms with Gasteiger partial charge in [0.1, 0.15) is 0 Å². The molecule has 3 aromatic rings.